The molecule has 0 bridgehead atoms. The molecule has 158 valence electrons. The van der Waals surface area contributed by atoms with E-state index >= 15 is 0 Å². The van der Waals surface area contributed by atoms with Crippen LogP contribution in [0.15, 0.2) is 79.5 Å². The average molecular weight is 471 g/mol. The molecule has 2 aromatic carbocycles. The van der Waals surface area contributed by atoms with E-state index in [4.69, 9.17) is 0 Å². The Bertz CT molecular complexity index is 959. The van der Waals surface area contributed by atoms with Gasteiger partial charge in [0.2, 0.25) is 0 Å². The van der Waals surface area contributed by atoms with Crippen molar-refractivity contribution in [2.75, 3.05) is 11.5 Å². The molecule has 0 unspecified atom stereocenters. The molecular formula is C20H18N6O2S3. The van der Waals surface area contributed by atoms with E-state index in [0.29, 0.717) is 8.68 Å². The first-order valence-corrected chi connectivity index (χ1v) is 11.8. The van der Waals surface area contributed by atoms with Gasteiger partial charge < -0.3 is 0 Å². The van der Waals surface area contributed by atoms with Crippen molar-refractivity contribution in [2.45, 2.75) is 8.68 Å². The van der Waals surface area contributed by atoms with Crippen molar-refractivity contribution < 1.29 is 9.59 Å². The molecule has 0 saturated carbocycles. The van der Waals surface area contributed by atoms with Crippen LogP contribution >= 0.6 is 34.9 Å². The minimum absolute atomic E-state index is 0.167. The second-order valence-corrected chi connectivity index (χ2v) is 9.24. The Morgan fingerprint density at radius 3 is 1.61 bits per heavy atom. The summed E-state index contributed by atoms with van der Waals surface area (Å²) < 4.78 is 1.29. The summed E-state index contributed by atoms with van der Waals surface area (Å²) in [6, 6.07) is 19.0. The molecule has 0 aliphatic carbocycles. The highest BCUT2D eigenvalue weighted by Gasteiger charge is 2.10. The zero-order chi connectivity index (χ0) is 21.7. The summed E-state index contributed by atoms with van der Waals surface area (Å²) in [5.74, 6) is -0.144. The van der Waals surface area contributed by atoms with E-state index in [1.54, 1.807) is 12.4 Å². The summed E-state index contributed by atoms with van der Waals surface area (Å²) in [5.41, 5.74) is 6.75. The standard InChI is InChI=1S/C20H18N6O2S3/c27-17(23-21-11-15-7-3-1-4-8-15)13-29-19-25-26-20(31-19)30-14-18(28)24-22-12-16-9-5-2-6-10-16/h1-12H,13-14H2,(H,23,27)(H,24,28)/b21-11+,22-12+. The summed E-state index contributed by atoms with van der Waals surface area (Å²) in [6.07, 6.45) is 3.16. The van der Waals surface area contributed by atoms with Crippen LogP contribution in [0.2, 0.25) is 0 Å². The summed E-state index contributed by atoms with van der Waals surface area (Å²) in [4.78, 5) is 23.7. The Morgan fingerprint density at radius 2 is 1.19 bits per heavy atom. The summed E-state index contributed by atoms with van der Waals surface area (Å²) >= 11 is 3.85. The third kappa shape index (κ3) is 8.70. The molecule has 0 radical (unpaired) electrons. The number of amides is 2. The average Bonchev–Trinajstić information content (AvgIpc) is 3.26. The number of carbonyl (C=O) groups is 2. The number of hydrogen-bond acceptors (Lipinski definition) is 9. The Morgan fingerprint density at radius 1 is 0.774 bits per heavy atom. The van der Waals surface area contributed by atoms with Crippen molar-refractivity contribution in [1.82, 2.24) is 21.0 Å². The summed E-state index contributed by atoms with van der Waals surface area (Å²) in [5, 5.41) is 15.9. The van der Waals surface area contributed by atoms with Gasteiger partial charge in [-0.25, -0.2) is 10.9 Å². The minimum Gasteiger partial charge on any atom is -0.272 e. The van der Waals surface area contributed by atoms with Crippen LogP contribution in [-0.2, 0) is 9.59 Å². The fraction of sp³-hybridized carbons (Fsp3) is 0.100. The fourth-order valence-corrected chi connectivity index (χ4v) is 4.67. The van der Waals surface area contributed by atoms with E-state index < -0.39 is 0 Å². The molecule has 0 spiro atoms. The topological polar surface area (TPSA) is 109 Å². The van der Waals surface area contributed by atoms with Gasteiger partial charge in [0, 0.05) is 0 Å². The largest absolute Gasteiger partial charge is 0.272 e. The maximum Gasteiger partial charge on any atom is 0.250 e. The second-order valence-electron chi connectivity index (χ2n) is 5.82. The van der Waals surface area contributed by atoms with Gasteiger partial charge in [-0.2, -0.15) is 10.2 Å². The highest BCUT2D eigenvalue weighted by atomic mass is 32.2. The van der Waals surface area contributed by atoms with Crippen LogP contribution in [0, 0.1) is 0 Å². The molecule has 3 rings (SSSR count). The lowest BCUT2D eigenvalue weighted by molar-refractivity contribution is -0.119. The summed E-state index contributed by atoms with van der Waals surface area (Å²) in [7, 11) is 0. The number of carbonyl (C=O) groups excluding carboxylic acids is 2. The van der Waals surface area contributed by atoms with E-state index in [0.717, 1.165) is 11.1 Å². The van der Waals surface area contributed by atoms with E-state index in [9.17, 15) is 9.59 Å². The third-order valence-corrected chi connectivity index (χ3v) is 6.64. The smallest absolute Gasteiger partial charge is 0.250 e. The maximum absolute atomic E-state index is 11.9. The van der Waals surface area contributed by atoms with Crippen molar-refractivity contribution in [1.29, 1.82) is 0 Å². The normalized spacial score (nSPS) is 11.1. The quantitative estimate of drug-likeness (QED) is 0.268. The zero-order valence-electron chi connectivity index (χ0n) is 16.2. The molecule has 2 N–H and O–H groups in total. The van der Waals surface area contributed by atoms with Gasteiger partial charge in [0.15, 0.2) is 8.68 Å². The molecule has 31 heavy (non-hydrogen) atoms. The van der Waals surface area contributed by atoms with E-state index in [1.165, 1.54) is 34.9 Å². The van der Waals surface area contributed by atoms with Crippen molar-refractivity contribution in [2.24, 2.45) is 10.2 Å². The monoisotopic (exact) mass is 470 g/mol. The Kier molecular flexibility index (Phi) is 9.23. The second kappa shape index (κ2) is 12.6. The first-order chi connectivity index (χ1) is 15.2. The maximum atomic E-state index is 11.9. The van der Waals surface area contributed by atoms with Crippen LogP contribution in [0.1, 0.15) is 11.1 Å². The molecule has 1 aromatic heterocycles. The first-order valence-electron chi connectivity index (χ1n) is 9.02. The van der Waals surface area contributed by atoms with Gasteiger partial charge in [-0.1, -0.05) is 95.5 Å². The molecule has 0 aliphatic heterocycles. The molecule has 3 aromatic rings. The number of thioether (sulfide) groups is 2. The molecule has 2 amide bonds. The number of hydrazone groups is 2. The van der Waals surface area contributed by atoms with E-state index in [-0.39, 0.29) is 23.3 Å². The predicted molar refractivity (Wildman–Crippen MR) is 126 cm³/mol. The predicted octanol–water partition coefficient (Wildman–Crippen LogP) is 3.02. The number of nitrogens with zero attached hydrogens (tertiary/aromatic N) is 4. The number of nitrogens with one attached hydrogen (secondary N) is 2. The van der Waals surface area contributed by atoms with Crippen LogP contribution in [-0.4, -0.2) is 45.9 Å². The molecule has 11 heteroatoms. The molecule has 8 nitrogen and oxygen atoms in total. The first kappa shape index (κ1) is 22.7. The lowest BCUT2D eigenvalue weighted by Gasteiger charge is -1.98. The number of aromatic nitrogens is 2. The van der Waals surface area contributed by atoms with Crippen molar-refractivity contribution >= 4 is 59.1 Å². The van der Waals surface area contributed by atoms with Crippen LogP contribution < -0.4 is 10.9 Å². The van der Waals surface area contributed by atoms with Gasteiger partial charge in [0.05, 0.1) is 23.9 Å². The highest BCUT2D eigenvalue weighted by molar-refractivity contribution is 8.03. The number of benzene rings is 2. The Labute approximate surface area is 191 Å². The van der Waals surface area contributed by atoms with Gasteiger partial charge in [0.1, 0.15) is 0 Å². The Balaban J connectivity index is 1.34. The molecule has 0 aliphatic rings. The van der Waals surface area contributed by atoms with Gasteiger partial charge in [-0.05, 0) is 11.1 Å². The molecule has 0 fully saturated rings. The van der Waals surface area contributed by atoms with Gasteiger partial charge >= 0.3 is 0 Å². The molecule has 1 heterocycles. The van der Waals surface area contributed by atoms with Gasteiger partial charge in [-0.15, -0.1) is 10.2 Å². The van der Waals surface area contributed by atoms with Crippen LogP contribution in [0.4, 0.5) is 0 Å². The van der Waals surface area contributed by atoms with Gasteiger partial charge in [0.25, 0.3) is 11.8 Å². The lowest BCUT2D eigenvalue weighted by Crippen LogP contribution is -2.19. The van der Waals surface area contributed by atoms with Crippen molar-refractivity contribution in [3.05, 3.63) is 71.8 Å². The number of hydrogen-bond donors (Lipinski definition) is 2. The Hall–Kier alpha value is -3.02. The number of rotatable bonds is 10. The third-order valence-electron chi connectivity index (χ3n) is 3.45. The van der Waals surface area contributed by atoms with Crippen LogP contribution in [0.3, 0.4) is 0 Å². The van der Waals surface area contributed by atoms with E-state index in [1.807, 2.05) is 60.7 Å². The van der Waals surface area contributed by atoms with Crippen molar-refractivity contribution in [3.63, 3.8) is 0 Å². The van der Waals surface area contributed by atoms with E-state index in [2.05, 4.69) is 31.3 Å². The summed E-state index contributed by atoms with van der Waals surface area (Å²) in [6.45, 7) is 0. The molecular weight excluding hydrogens is 452 g/mol. The van der Waals surface area contributed by atoms with Crippen LogP contribution in [0.5, 0.6) is 0 Å². The molecule has 0 atom stereocenters. The van der Waals surface area contributed by atoms with Crippen LogP contribution in [0.25, 0.3) is 0 Å². The zero-order valence-corrected chi connectivity index (χ0v) is 18.6. The minimum atomic E-state index is -0.239. The van der Waals surface area contributed by atoms with Gasteiger partial charge in [-0.3, -0.25) is 9.59 Å². The van der Waals surface area contributed by atoms with Crippen molar-refractivity contribution in [3.8, 4) is 0 Å². The highest BCUT2D eigenvalue weighted by Crippen LogP contribution is 2.28. The SMILES string of the molecule is O=C(CSc1nnc(SCC(=O)N/N=C/c2ccccc2)s1)N/N=C/c1ccccc1. The fourth-order valence-electron chi connectivity index (χ4n) is 2.07. The molecule has 0 saturated heterocycles. The lowest BCUT2D eigenvalue weighted by atomic mass is 10.2.